The van der Waals surface area contributed by atoms with E-state index in [0.29, 0.717) is 13.2 Å². The van der Waals surface area contributed by atoms with Gasteiger partial charge in [0, 0.05) is 0 Å². The Hall–Kier alpha value is -1.13. The van der Waals surface area contributed by atoms with Crippen molar-refractivity contribution in [2.24, 2.45) is 0 Å². The third-order valence-electron chi connectivity index (χ3n) is 2.08. The molecule has 1 fully saturated rings. The molecule has 70 valence electrons. The Morgan fingerprint density at radius 1 is 1.38 bits per heavy atom. The van der Waals surface area contributed by atoms with Crippen LogP contribution < -0.4 is 0 Å². The standard InChI is InChI=1S/C9H10O4/c10-9(11)6-1-2-7-8(5-6)13-4-3-12-7/h1-2,5,7-8H,3-4H2,(H,10,11). The van der Waals surface area contributed by atoms with E-state index in [0.717, 1.165) is 0 Å². The van der Waals surface area contributed by atoms with Crippen molar-refractivity contribution in [3.05, 3.63) is 23.8 Å². The number of carbonyl (C=O) groups is 1. The molecule has 0 spiro atoms. The van der Waals surface area contributed by atoms with Crippen molar-refractivity contribution in [1.29, 1.82) is 0 Å². The van der Waals surface area contributed by atoms with Crippen molar-refractivity contribution in [1.82, 2.24) is 0 Å². The molecule has 0 aromatic carbocycles. The second kappa shape index (κ2) is 3.32. The number of ether oxygens (including phenoxy) is 2. The highest BCUT2D eigenvalue weighted by Crippen LogP contribution is 2.19. The van der Waals surface area contributed by atoms with Crippen molar-refractivity contribution in [2.75, 3.05) is 13.2 Å². The van der Waals surface area contributed by atoms with Gasteiger partial charge in [0.1, 0.15) is 12.2 Å². The molecule has 2 rings (SSSR count). The summed E-state index contributed by atoms with van der Waals surface area (Å²) in [5, 5.41) is 8.71. The van der Waals surface area contributed by atoms with Crippen molar-refractivity contribution in [3.8, 4) is 0 Å². The second-order valence-electron chi connectivity index (χ2n) is 2.96. The molecule has 2 atom stereocenters. The Bertz CT molecular complexity index is 279. The first kappa shape index (κ1) is 8.47. The van der Waals surface area contributed by atoms with Crippen LogP contribution in [0.2, 0.25) is 0 Å². The van der Waals surface area contributed by atoms with Crippen LogP contribution in [0.1, 0.15) is 0 Å². The van der Waals surface area contributed by atoms with E-state index in [9.17, 15) is 4.79 Å². The highest BCUT2D eigenvalue weighted by molar-refractivity contribution is 5.90. The molecular weight excluding hydrogens is 172 g/mol. The van der Waals surface area contributed by atoms with Gasteiger partial charge in [-0.25, -0.2) is 4.79 Å². The molecule has 1 heterocycles. The Morgan fingerprint density at radius 2 is 2.08 bits per heavy atom. The number of fused-ring (bicyclic) bond motifs is 1. The molecule has 13 heavy (non-hydrogen) atoms. The zero-order valence-electron chi connectivity index (χ0n) is 6.97. The summed E-state index contributed by atoms with van der Waals surface area (Å²) in [5.74, 6) is -0.927. The maximum absolute atomic E-state index is 10.6. The van der Waals surface area contributed by atoms with Crippen LogP contribution in [0.3, 0.4) is 0 Å². The van der Waals surface area contributed by atoms with E-state index >= 15 is 0 Å². The highest BCUT2D eigenvalue weighted by Gasteiger charge is 2.27. The van der Waals surface area contributed by atoms with Crippen LogP contribution in [-0.2, 0) is 14.3 Å². The van der Waals surface area contributed by atoms with E-state index in [2.05, 4.69) is 0 Å². The summed E-state index contributed by atoms with van der Waals surface area (Å²) in [5.41, 5.74) is 0.270. The molecule has 0 aromatic rings. The van der Waals surface area contributed by atoms with Gasteiger partial charge in [-0.3, -0.25) is 0 Å². The number of rotatable bonds is 1. The normalized spacial score (nSPS) is 32.2. The van der Waals surface area contributed by atoms with Crippen molar-refractivity contribution in [3.63, 3.8) is 0 Å². The summed E-state index contributed by atoms with van der Waals surface area (Å²) in [6.07, 6.45) is 4.53. The molecule has 1 N–H and O–H groups in total. The first-order valence-corrected chi connectivity index (χ1v) is 4.14. The Labute approximate surface area is 75.5 Å². The zero-order valence-corrected chi connectivity index (χ0v) is 6.97. The first-order valence-electron chi connectivity index (χ1n) is 4.14. The van der Waals surface area contributed by atoms with Crippen LogP contribution in [0.15, 0.2) is 23.8 Å². The van der Waals surface area contributed by atoms with Crippen LogP contribution >= 0.6 is 0 Å². The highest BCUT2D eigenvalue weighted by atomic mass is 16.6. The van der Waals surface area contributed by atoms with E-state index in [1.165, 1.54) is 0 Å². The molecule has 4 nitrogen and oxygen atoms in total. The fraction of sp³-hybridized carbons (Fsp3) is 0.444. The lowest BCUT2D eigenvalue weighted by Crippen LogP contribution is -2.37. The van der Waals surface area contributed by atoms with Gasteiger partial charge in [0.15, 0.2) is 0 Å². The second-order valence-corrected chi connectivity index (χ2v) is 2.96. The van der Waals surface area contributed by atoms with Crippen LogP contribution in [0, 0.1) is 0 Å². The Kier molecular flexibility index (Phi) is 2.16. The topological polar surface area (TPSA) is 55.8 Å². The fourth-order valence-electron chi connectivity index (χ4n) is 1.44. The molecule has 2 unspecified atom stereocenters. The lowest BCUT2D eigenvalue weighted by Gasteiger charge is -2.30. The lowest BCUT2D eigenvalue weighted by atomic mass is 10.0. The number of hydrogen-bond donors (Lipinski definition) is 1. The van der Waals surface area contributed by atoms with Crippen LogP contribution in [-0.4, -0.2) is 36.5 Å². The number of carboxylic acid groups (broad SMARTS) is 1. The molecule has 0 aromatic heterocycles. The molecule has 1 saturated heterocycles. The Balaban J connectivity index is 2.16. The molecular formula is C9H10O4. The molecule has 0 saturated carbocycles. The van der Waals surface area contributed by atoms with E-state index in [1.807, 2.05) is 0 Å². The summed E-state index contributed by atoms with van der Waals surface area (Å²) in [6, 6.07) is 0. The predicted molar refractivity (Wildman–Crippen MR) is 44.3 cm³/mol. The van der Waals surface area contributed by atoms with Crippen LogP contribution in [0.25, 0.3) is 0 Å². The molecule has 4 heteroatoms. The van der Waals surface area contributed by atoms with Crippen molar-refractivity contribution >= 4 is 5.97 Å². The average molecular weight is 182 g/mol. The van der Waals surface area contributed by atoms with Gasteiger partial charge in [-0.15, -0.1) is 0 Å². The molecule has 0 radical (unpaired) electrons. The molecule has 2 aliphatic rings. The molecule has 1 aliphatic carbocycles. The van der Waals surface area contributed by atoms with Gasteiger partial charge in [-0.05, 0) is 12.2 Å². The summed E-state index contributed by atoms with van der Waals surface area (Å²) in [6.45, 7) is 1.10. The summed E-state index contributed by atoms with van der Waals surface area (Å²) >= 11 is 0. The minimum Gasteiger partial charge on any atom is -0.478 e. The van der Waals surface area contributed by atoms with Gasteiger partial charge in [0.2, 0.25) is 0 Å². The van der Waals surface area contributed by atoms with Crippen molar-refractivity contribution in [2.45, 2.75) is 12.2 Å². The molecule has 0 amide bonds. The summed E-state index contributed by atoms with van der Waals surface area (Å²) in [4.78, 5) is 10.6. The van der Waals surface area contributed by atoms with Gasteiger partial charge >= 0.3 is 5.97 Å². The lowest BCUT2D eigenvalue weighted by molar-refractivity contribution is -0.133. The van der Waals surface area contributed by atoms with Crippen LogP contribution in [0.4, 0.5) is 0 Å². The average Bonchev–Trinajstić information content (AvgIpc) is 2.17. The zero-order chi connectivity index (χ0) is 9.26. The smallest absolute Gasteiger partial charge is 0.335 e. The van der Waals surface area contributed by atoms with Gasteiger partial charge in [-0.1, -0.05) is 6.08 Å². The minimum atomic E-state index is -0.927. The fourth-order valence-corrected chi connectivity index (χ4v) is 1.44. The first-order chi connectivity index (χ1) is 6.27. The molecule has 1 aliphatic heterocycles. The number of carboxylic acids is 1. The van der Waals surface area contributed by atoms with Gasteiger partial charge in [-0.2, -0.15) is 0 Å². The van der Waals surface area contributed by atoms with Gasteiger partial charge in [0.05, 0.1) is 18.8 Å². The maximum atomic E-state index is 10.6. The predicted octanol–water partition coefficient (Wildman–Crippen LogP) is 0.351. The third-order valence-corrected chi connectivity index (χ3v) is 2.08. The number of hydrogen-bond acceptors (Lipinski definition) is 3. The third kappa shape index (κ3) is 1.64. The van der Waals surface area contributed by atoms with E-state index < -0.39 is 5.97 Å². The maximum Gasteiger partial charge on any atom is 0.335 e. The SMILES string of the molecule is O=C(O)C1=CC2OCCOC2C=C1. The monoisotopic (exact) mass is 182 g/mol. The van der Waals surface area contributed by atoms with E-state index in [1.54, 1.807) is 18.2 Å². The van der Waals surface area contributed by atoms with Crippen LogP contribution in [0.5, 0.6) is 0 Å². The largest absolute Gasteiger partial charge is 0.478 e. The minimum absolute atomic E-state index is 0.114. The number of aliphatic carboxylic acids is 1. The Morgan fingerprint density at radius 3 is 2.77 bits per heavy atom. The van der Waals surface area contributed by atoms with E-state index in [-0.39, 0.29) is 17.8 Å². The van der Waals surface area contributed by atoms with Gasteiger partial charge < -0.3 is 14.6 Å². The van der Waals surface area contributed by atoms with Gasteiger partial charge in [0.25, 0.3) is 0 Å². The summed E-state index contributed by atoms with van der Waals surface area (Å²) in [7, 11) is 0. The van der Waals surface area contributed by atoms with E-state index in [4.69, 9.17) is 14.6 Å². The molecule has 0 bridgehead atoms. The van der Waals surface area contributed by atoms with Crippen molar-refractivity contribution < 1.29 is 19.4 Å². The quantitative estimate of drug-likeness (QED) is 0.635. The summed E-state index contributed by atoms with van der Waals surface area (Å²) < 4.78 is 10.7.